The maximum atomic E-state index is 7.40. The molecule has 0 spiro atoms. The van der Waals surface area contributed by atoms with E-state index in [1.165, 1.54) is 6.21 Å². The zero-order valence-electron chi connectivity index (χ0n) is 10.4. The Balaban J connectivity index is 2.41. The van der Waals surface area contributed by atoms with Crippen LogP contribution >= 0.6 is 15.9 Å². The SMILES string of the molecule is CN/C=C(\C=N)C1=NC2=CC(Br)=CCC2(C)N=C1. The van der Waals surface area contributed by atoms with E-state index in [4.69, 9.17) is 5.41 Å². The van der Waals surface area contributed by atoms with Gasteiger partial charge in [-0.1, -0.05) is 22.0 Å². The van der Waals surface area contributed by atoms with Crippen molar-refractivity contribution in [2.75, 3.05) is 7.05 Å². The van der Waals surface area contributed by atoms with Crippen LogP contribution in [0.2, 0.25) is 0 Å². The summed E-state index contributed by atoms with van der Waals surface area (Å²) in [6.07, 6.45) is 9.69. The van der Waals surface area contributed by atoms with E-state index in [2.05, 4.69) is 44.2 Å². The fourth-order valence-corrected chi connectivity index (χ4v) is 2.24. The largest absolute Gasteiger partial charge is 0.393 e. The molecule has 1 heterocycles. The summed E-state index contributed by atoms with van der Waals surface area (Å²) < 4.78 is 1.03. The van der Waals surface area contributed by atoms with Crippen molar-refractivity contribution in [1.82, 2.24) is 5.32 Å². The van der Waals surface area contributed by atoms with Crippen LogP contribution < -0.4 is 5.32 Å². The first-order chi connectivity index (χ1) is 8.59. The van der Waals surface area contributed by atoms with E-state index in [9.17, 15) is 0 Å². The Bertz CT molecular complexity index is 525. The van der Waals surface area contributed by atoms with Crippen molar-refractivity contribution < 1.29 is 0 Å². The number of nitrogens with zero attached hydrogens (tertiary/aromatic N) is 2. The van der Waals surface area contributed by atoms with Gasteiger partial charge in [0, 0.05) is 35.7 Å². The zero-order chi connectivity index (χ0) is 13.2. The molecule has 0 saturated heterocycles. The summed E-state index contributed by atoms with van der Waals surface area (Å²) >= 11 is 3.47. The molecule has 5 heteroatoms. The van der Waals surface area contributed by atoms with Gasteiger partial charge in [0.1, 0.15) is 5.54 Å². The van der Waals surface area contributed by atoms with Crippen molar-refractivity contribution in [3.63, 3.8) is 0 Å². The van der Waals surface area contributed by atoms with Crippen molar-refractivity contribution in [2.24, 2.45) is 9.98 Å². The Labute approximate surface area is 115 Å². The van der Waals surface area contributed by atoms with E-state index in [-0.39, 0.29) is 5.54 Å². The van der Waals surface area contributed by atoms with Crippen molar-refractivity contribution >= 4 is 34.1 Å². The van der Waals surface area contributed by atoms with Crippen molar-refractivity contribution in [3.05, 3.63) is 34.1 Å². The van der Waals surface area contributed by atoms with E-state index in [0.29, 0.717) is 5.71 Å². The topological polar surface area (TPSA) is 60.6 Å². The summed E-state index contributed by atoms with van der Waals surface area (Å²) in [6.45, 7) is 2.07. The predicted octanol–water partition coefficient (Wildman–Crippen LogP) is 2.59. The molecule has 0 aromatic carbocycles. The minimum Gasteiger partial charge on any atom is -0.393 e. The Kier molecular flexibility index (Phi) is 3.61. The second-order valence-corrected chi connectivity index (χ2v) is 5.30. The molecule has 2 rings (SSSR count). The summed E-state index contributed by atoms with van der Waals surface area (Å²) in [7, 11) is 1.80. The molecule has 18 heavy (non-hydrogen) atoms. The van der Waals surface area contributed by atoms with Gasteiger partial charge in [-0.3, -0.25) is 4.99 Å². The molecule has 4 nitrogen and oxygen atoms in total. The molecule has 2 aliphatic rings. The summed E-state index contributed by atoms with van der Waals surface area (Å²) in [5.41, 5.74) is 2.09. The molecule has 1 aliphatic heterocycles. The van der Waals surface area contributed by atoms with Crippen LogP contribution in [0.15, 0.2) is 44.1 Å². The van der Waals surface area contributed by atoms with Gasteiger partial charge in [0.05, 0.1) is 11.4 Å². The molecule has 1 aliphatic carbocycles. The monoisotopic (exact) mass is 306 g/mol. The van der Waals surface area contributed by atoms with Gasteiger partial charge >= 0.3 is 0 Å². The van der Waals surface area contributed by atoms with Gasteiger partial charge in [0.2, 0.25) is 0 Å². The van der Waals surface area contributed by atoms with Crippen LogP contribution in [0.5, 0.6) is 0 Å². The smallest absolute Gasteiger partial charge is 0.103 e. The molecule has 2 N–H and O–H groups in total. The molecule has 0 aromatic heterocycles. The first-order valence-corrected chi connectivity index (χ1v) is 6.48. The van der Waals surface area contributed by atoms with Crippen LogP contribution in [-0.4, -0.2) is 30.7 Å². The third-order valence-corrected chi connectivity index (χ3v) is 3.54. The molecular weight excluding hydrogens is 292 g/mol. The number of rotatable bonds is 3. The van der Waals surface area contributed by atoms with Gasteiger partial charge in [0.15, 0.2) is 0 Å². The van der Waals surface area contributed by atoms with Crippen LogP contribution in [0.3, 0.4) is 0 Å². The second-order valence-electron chi connectivity index (χ2n) is 4.38. The summed E-state index contributed by atoms with van der Waals surface area (Å²) in [6, 6.07) is 0. The fourth-order valence-electron chi connectivity index (χ4n) is 1.86. The number of halogens is 1. The lowest BCUT2D eigenvalue weighted by Gasteiger charge is -2.30. The van der Waals surface area contributed by atoms with E-state index in [1.807, 2.05) is 6.08 Å². The normalized spacial score (nSPS) is 26.8. The molecule has 0 bridgehead atoms. The Morgan fingerprint density at radius 2 is 2.39 bits per heavy atom. The quantitative estimate of drug-likeness (QED) is 0.774. The molecule has 0 aromatic rings. The minimum atomic E-state index is -0.270. The van der Waals surface area contributed by atoms with Gasteiger partial charge < -0.3 is 10.7 Å². The van der Waals surface area contributed by atoms with E-state index >= 15 is 0 Å². The summed E-state index contributed by atoms with van der Waals surface area (Å²) in [5.74, 6) is 0. The second kappa shape index (κ2) is 5.02. The standard InChI is InChI=1S/C13H15BrN4/c1-13-4-3-10(14)5-12(13)18-11(8-17-13)9(6-15)7-16-2/h3,5-8,15-16H,4H2,1-2H3/b9-7+,15-6?. The maximum Gasteiger partial charge on any atom is 0.103 e. The molecule has 0 amide bonds. The highest BCUT2D eigenvalue weighted by Crippen LogP contribution is 2.35. The van der Waals surface area contributed by atoms with Crippen LogP contribution in [0.1, 0.15) is 13.3 Å². The number of nitrogens with one attached hydrogen (secondary N) is 2. The first-order valence-electron chi connectivity index (χ1n) is 5.69. The first kappa shape index (κ1) is 13.0. The van der Waals surface area contributed by atoms with Crippen molar-refractivity contribution in [2.45, 2.75) is 18.9 Å². The molecule has 1 unspecified atom stereocenters. The van der Waals surface area contributed by atoms with Gasteiger partial charge in [-0.2, -0.15) is 0 Å². The van der Waals surface area contributed by atoms with Gasteiger partial charge in [0.25, 0.3) is 0 Å². The average molecular weight is 307 g/mol. The molecule has 0 radical (unpaired) electrons. The summed E-state index contributed by atoms with van der Waals surface area (Å²) in [5, 5.41) is 10.3. The van der Waals surface area contributed by atoms with E-state index in [0.717, 1.165) is 22.2 Å². The van der Waals surface area contributed by atoms with Crippen LogP contribution in [0, 0.1) is 5.41 Å². The third-order valence-electron chi connectivity index (χ3n) is 2.98. The molecular formula is C13H15BrN4. The van der Waals surface area contributed by atoms with Crippen LogP contribution in [0.25, 0.3) is 0 Å². The highest BCUT2D eigenvalue weighted by atomic mass is 79.9. The highest BCUT2D eigenvalue weighted by molar-refractivity contribution is 9.11. The van der Waals surface area contributed by atoms with E-state index < -0.39 is 0 Å². The van der Waals surface area contributed by atoms with Crippen molar-refractivity contribution in [3.8, 4) is 0 Å². The minimum absolute atomic E-state index is 0.270. The van der Waals surface area contributed by atoms with Crippen LogP contribution in [-0.2, 0) is 0 Å². The average Bonchev–Trinajstić information content (AvgIpc) is 2.36. The highest BCUT2D eigenvalue weighted by Gasteiger charge is 2.32. The molecule has 0 fully saturated rings. The molecule has 1 atom stereocenters. The fraction of sp³-hybridized carbons (Fsp3) is 0.308. The third kappa shape index (κ3) is 2.36. The predicted molar refractivity (Wildman–Crippen MR) is 80.0 cm³/mol. The number of fused-ring (bicyclic) bond motifs is 1. The van der Waals surface area contributed by atoms with Gasteiger partial charge in [-0.15, -0.1) is 0 Å². The van der Waals surface area contributed by atoms with Crippen LogP contribution in [0.4, 0.5) is 0 Å². The van der Waals surface area contributed by atoms with Gasteiger partial charge in [-0.05, 0) is 19.4 Å². The Morgan fingerprint density at radius 1 is 1.61 bits per heavy atom. The number of hydrogen-bond donors (Lipinski definition) is 2. The Morgan fingerprint density at radius 3 is 3.06 bits per heavy atom. The lowest BCUT2D eigenvalue weighted by molar-refractivity contribution is 0.549. The van der Waals surface area contributed by atoms with Crippen molar-refractivity contribution in [1.29, 1.82) is 5.41 Å². The molecule has 0 saturated carbocycles. The lowest BCUT2D eigenvalue weighted by atomic mass is 9.89. The zero-order valence-corrected chi connectivity index (χ0v) is 12.0. The number of hydrogen-bond acceptors (Lipinski definition) is 4. The maximum absolute atomic E-state index is 7.40. The van der Waals surface area contributed by atoms with E-state index in [1.54, 1.807) is 19.5 Å². The molecule has 94 valence electrons. The summed E-state index contributed by atoms with van der Waals surface area (Å²) in [4.78, 5) is 9.20. The number of aliphatic imine (C=N–C) groups is 2. The van der Waals surface area contributed by atoms with Gasteiger partial charge in [-0.25, -0.2) is 4.99 Å². The lowest BCUT2D eigenvalue weighted by Crippen LogP contribution is -2.31. The Hall–Kier alpha value is -1.49. The number of allylic oxidation sites excluding steroid dienone is 3.